The van der Waals surface area contributed by atoms with Crippen molar-refractivity contribution < 1.29 is 0 Å². The third-order valence-corrected chi connectivity index (χ3v) is 4.08. The second-order valence-corrected chi connectivity index (χ2v) is 5.38. The molecule has 0 bridgehead atoms. The van der Waals surface area contributed by atoms with Gasteiger partial charge in [0.2, 0.25) is 0 Å². The van der Waals surface area contributed by atoms with E-state index in [0.29, 0.717) is 5.92 Å². The zero-order valence-electron chi connectivity index (χ0n) is 11.8. The number of hydrogen-bond acceptors (Lipinski definition) is 5. The van der Waals surface area contributed by atoms with E-state index in [1.807, 2.05) is 30.2 Å². The van der Waals surface area contributed by atoms with Crippen molar-refractivity contribution in [3.8, 4) is 0 Å². The van der Waals surface area contributed by atoms with E-state index in [4.69, 9.17) is 5.10 Å². The number of aromatic nitrogens is 5. The highest BCUT2D eigenvalue weighted by Crippen LogP contribution is 2.32. The van der Waals surface area contributed by atoms with Crippen LogP contribution >= 0.6 is 0 Å². The van der Waals surface area contributed by atoms with E-state index >= 15 is 0 Å². The Morgan fingerprint density at radius 2 is 2.14 bits per heavy atom. The molecule has 6 heteroatoms. The molecule has 0 N–H and O–H groups in total. The van der Waals surface area contributed by atoms with Gasteiger partial charge in [-0.2, -0.15) is 5.10 Å². The summed E-state index contributed by atoms with van der Waals surface area (Å²) in [7, 11) is 1.95. The molecule has 1 aliphatic rings. The lowest BCUT2D eigenvalue weighted by molar-refractivity contribution is 0.692. The van der Waals surface area contributed by atoms with Crippen molar-refractivity contribution in [1.29, 1.82) is 0 Å². The molecule has 0 saturated carbocycles. The number of nitrogens with zero attached hydrogens (tertiary/aromatic N) is 6. The summed E-state index contributed by atoms with van der Waals surface area (Å²) in [6.07, 6.45) is 8.16. The zero-order chi connectivity index (χ0) is 14.2. The van der Waals surface area contributed by atoms with E-state index in [2.05, 4.69) is 25.9 Å². The second-order valence-electron chi connectivity index (χ2n) is 5.38. The lowest BCUT2D eigenvalue weighted by Gasteiger charge is -2.16. The molecule has 21 heavy (non-hydrogen) atoms. The Labute approximate surface area is 122 Å². The van der Waals surface area contributed by atoms with Crippen molar-refractivity contribution in [2.45, 2.75) is 12.3 Å². The van der Waals surface area contributed by atoms with Gasteiger partial charge in [-0.25, -0.2) is 9.97 Å². The summed E-state index contributed by atoms with van der Waals surface area (Å²) in [5, 5.41) is 5.85. The molecule has 0 radical (unpaired) electrons. The minimum absolute atomic E-state index is 0.417. The van der Waals surface area contributed by atoms with Crippen molar-refractivity contribution in [2.24, 2.45) is 7.05 Å². The highest BCUT2D eigenvalue weighted by Gasteiger charge is 2.28. The van der Waals surface area contributed by atoms with Gasteiger partial charge in [-0.3, -0.25) is 9.67 Å². The van der Waals surface area contributed by atoms with Gasteiger partial charge < -0.3 is 4.90 Å². The van der Waals surface area contributed by atoms with Crippen LogP contribution in [0.5, 0.6) is 0 Å². The zero-order valence-corrected chi connectivity index (χ0v) is 11.8. The number of fused-ring (bicyclic) bond motifs is 1. The lowest BCUT2D eigenvalue weighted by Crippen LogP contribution is -2.20. The summed E-state index contributed by atoms with van der Waals surface area (Å²) in [5.74, 6) is 1.36. The Kier molecular flexibility index (Phi) is 2.80. The Bertz CT molecular complexity index is 766. The predicted molar refractivity (Wildman–Crippen MR) is 80.1 cm³/mol. The van der Waals surface area contributed by atoms with Gasteiger partial charge in [0.25, 0.3) is 0 Å². The van der Waals surface area contributed by atoms with Gasteiger partial charge >= 0.3 is 0 Å². The first-order valence-electron chi connectivity index (χ1n) is 7.11. The first-order chi connectivity index (χ1) is 10.3. The van der Waals surface area contributed by atoms with Crippen LogP contribution in [0, 0.1) is 0 Å². The fourth-order valence-electron chi connectivity index (χ4n) is 3.07. The van der Waals surface area contributed by atoms with E-state index in [1.54, 1.807) is 12.4 Å². The smallest absolute Gasteiger partial charge is 0.157 e. The van der Waals surface area contributed by atoms with E-state index in [-0.39, 0.29) is 0 Å². The van der Waals surface area contributed by atoms with Gasteiger partial charge in [-0.1, -0.05) is 0 Å². The third kappa shape index (κ3) is 2.03. The maximum atomic E-state index is 4.69. The average Bonchev–Trinajstić information content (AvgIpc) is 3.14. The Morgan fingerprint density at radius 1 is 1.19 bits per heavy atom. The largest absolute Gasteiger partial charge is 0.355 e. The molecule has 6 nitrogen and oxygen atoms in total. The second kappa shape index (κ2) is 4.80. The topological polar surface area (TPSA) is 59.7 Å². The van der Waals surface area contributed by atoms with E-state index in [1.165, 1.54) is 0 Å². The number of anilines is 1. The monoisotopic (exact) mass is 280 g/mol. The summed E-state index contributed by atoms with van der Waals surface area (Å²) in [6.45, 7) is 1.92. The van der Waals surface area contributed by atoms with Gasteiger partial charge in [0, 0.05) is 50.0 Å². The average molecular weight is 280 g/mol. The Balaban J connectivity index is 1.66. The highest BCUT2D eigenvalue weighted by atomic mass is 15.3. The van der Waals surface area contributed by atoms with Crippen molar-refractivity contribution >= 4 is 16.9 Å². The molecule has 1 fully saturated rings. The van der Waals surface area contributed by atoms with Crippen LogP contribution in [-0.2, 0) is 7.05 Å². The van der Waals surface area contributed by atoms with E-state index < -0.39 is 0 Å². The van der Waals surface area contributed by atoms with Crippen LogP contribution in [-0.4, -0.2) is 37.8 Å². The van der Waals surface area contributed by atoms with Crippen LogP contribution in [0.15, 0.2) is 36.9 Å². The molecule has 4 rings (SSSR count). The SMILES string of the molecule is Cn1nc([C@@H]2CCN(c3cnccn3)C2)c2cccnc21. The number of rotatable bonds is 2. The highest BCUT2D eigenvalue weighted by molar-refractivity contribution is 5.78. The third-order valence-electron chi connectivity index (χ3n) is 4.08. The molecule has 3 aromatic heterocycles. The molecule has 1 saturated heterocycles. The summed E-state index contributed by atoms with van der Waals surface area (Å²) in [6, 6.07) is 4.08. The van der Waals surface area contributed by atoms with Crippen LogP contribution in [0.1, 0.15) is 18.0 Å². The normalized spacial score (nSPS) is 18.5. The standard InChI is InChI=1S/C15H16N6/c1-20-15-12(3-2-5-18-15)14(19-20)11-4-8-21(10-11)13-9-16-6-7-17-13/h2-3,5-7,9,11H,4,8,10H2,1H3/t11-/m1/s1. The molecule has 0 spiro atoms. The lowest BCUT2D eigenvalue weighted by atomic mass is 10.0. The maximum Gasteiger partial charge on any atom is 0.157 e. The number of pyridine rings is 1. The first kappa shape index (κ1) is 12.3. The first-order valence-corrected chi connectivity index (χ1v) is 7.11. The molecule has 0 aliphatic carbocycles. The minimum atomic E-state index is 0.417. The molecule has 0 unspecified atom stereocenters. The fraction of sp³-hybridized carbons (Fsp3) is 0.333. The quantitative estimate of drug-likeness (QED) is 0.715. The minimum Gasteiger partial charge on any atom is -0.355 e. The molecular weight excluding hydrogens is 264 g/mol. The number of hydrogen-bond donors (Lipinski definition) is 0. The summed E-state index contributed by atoms with van der Waals surface area (Å²) >= 11 is 0. The van der Waals surface area contributed by atoms with Crippen LogP contribution in [0.3, 0.4) is 0 Å². The van der Waals surface area contributed by atoms with Crippen LogP contribution in [0.4, 0.5) is 5.82 Å². The summed E-state index contributed by atoms with van der Waals surface area (Å²) in [5.41, 5.74) is 2.09. The Hall–Kier alpha value is -2.50. The van der Waals surface area contributed by atoms with Crippen molar-refractivity contribution in [2.75, 3.05) is 18.0 Å². The molecule has 106 valence electrons. The molecule has 4 heterocycles. The van der Waals surface area contributed by atoms with E-state index in [9.17, 15) is 0 Å². The van der Waals surface area contributed by atoms with Crippen LogP contribution in [0.2, 0.25) is 0 Å². The fourth-order valence-corrected chi connectivity index (χ4v) is 3.07. The van der Waals surface area contributed by atoms with Crippen LogP contribution < -0.4 is 4.90 Å². The number of aryl methyl sites for hydroxylation is 1. The molecule has 3 aromatic rings. The van der Waals surface area contributed by atoms with Gasteiger partial charge in [-0.15, -0.1) is 0 Å². The molecule has 1 atom stereocenters. The Morgan fingerprint density at radius 3 is 3.00 bits per heavy atom. The molecule has 0 amide bonds. The molecule has 0 aromatic carbocycles. The van der Waals surface area contributed by atoms with Gasteiger partial charge in [-0.05, 0) is 18.6 Å². The van der Waals surface area contributed by atoms with Gasteiger partial charge in [0.15, 0.2) is 5.65 Å². The van der Waals surface area contributed by atoms with Crippen molar-refractivity contribution in [3.63, 3.8) is 0 Å². The predicted octanol–water partition coefficient (Wildman–Crippen LogP) is 1.75. The van der Waals surface area contributed by atoms with Crippen molar-refractivity contribution in [1.82, 2.24) is 24.7 Å². The van der Waals surface area contributed by atoms with E-state index in [0.717, 1.165) is 42.1 Å². The summed E-state index contributed by atoms with van der Waals surface area (Å²) < 4.78 is 1.87. The molecular formula is C15H16N6. The van der Waals surface area contributed by atoms with Gasteiger partial charge in [0.05, 0.1) is 11.9 Å². The van der Waals surface area contributed by atoms with Crippen molar-refractivity contribution in [3.05, 3.63) is 42.6 Å². The van der Waals surface area contributed by atoms with Gasteiger partial charge in [0.1, 0.15) is 5.82 Å². The molecule has 1 aliphatic heterocycles. The van der Waals surface area contributed by atoms with Crippen LogP contribution in [0.25, 0.3) is 11.0 Å². The summed E-state index contributed by atoms with van der Waals surface area (Å²) in [4.78, 5) is 15.2. The maximum absolute atomic E-state index is 4.69.